The van der Waals surface area contributed by atoms with E-state index >= 15 is 0 Å². The van der Waals surface area contributed by atoms with Gasteiger partial charge in [-0.1, -0.05) is 84.9 Å². The van der Waals surface area contributed by atoms with E-state index in [0.717, 1.165) is 16.7 Å². The Hall–Kier alpha value is -3.00. The Kier molecular flexibility index (Phi) is 5.53. The van der Waals surface area contributed by atoms with Crippen molar-refractivity contribution >= 4 is 11.6 Å². The highest BCUT2D eigenvalue weighted by Gasteiger charge is 2.10. The molecule has 0 amide bonds. The second-order valence-electron chi connectivity index (χ2n) is 6.07. The highest BCUT2D eigenvalue weighted by atomic mass is 16.1. The quantitative estimate of drug-likeness (QED) is 0.564. The molecule has 0 saturated heterocycles. The lowest BCUT2D eigenvalue weighted by molar-refractivity contribution is -0.118. The third kappa shape index (κ3) is 4.74. The van der Waals surface area contributed by atoms with Gasteiger partial charge in [0, 0.05) is 24.8 Å². The van der Waals surface area contributed by atoms with E-state index < -0.39 is 0 Å². The highest BCUT2D eigenvalue weighted by molar-refractivity contribution is 5.98. The van der Waals surface area contributed by atoms with Crippen LogP contribution in [-0.2, 0) is 11.2 Å². The molecule has 0 aliphatic rings. The van der Waals surface area contributed by atoms with Crippen LogP contribution in [-0.4, -0.2) is 11.6 Å². The summed E-state index contributed by atoms with van der Waals surface area (Å²) in [6.45, 7) is 0. The molecule has 0 N–H and O–H groups in total. The zero-order chi connectivity index (χ0) is 17.5. The van der Waals surface area contributed by atoms with E-state index in [1.165, 1.54) is 0 Å². The minimum absolute atomic E-state index is 0.0148. The number of ketones is 2. The number of carbonyl (C=O) groups excluding carboxylic acids is 2. The molecule has 0 atom stereocenters. The summed E-state index contributed by atoms with van der Waals surface area (Å²) in [6.07, 6.45) is 0.936. The Bertz CT molecular complexity index is 834. The largest absolute Gasteiger partial charge is 0.299 e. The third-order valence-corrected chi connectivity index (χ3v) is 4.19. The van der Waals surface area contributed by atoms with Gasteiger partial charge in [0.15, 0.2) is 5.78 Å². The van der Waals surface area contributed by atoms with Crippen molar-refractivity contribution in [2.24, 2.45) is 0 Å². The van der Waals surface area contributed by atoms with Crippen LogP contribution in [0.25, 0.3) is 11.1 Å². The Labute approximate surface area is 148 Å². The molecule has 3 aromatic carbocycles. The molecule has 3 rings (SSSR count). The summed E-state index contributed by atoms with van der Waals surface area (Å²) in [7, 11) is 0. The first-order chi connectivity index (χ1) is 12.2. The van der Waals surface area contributed by atoms with Crippen molar-refractivity contribution in [3.63, 3.8) is 0 Å². The van der Waals surface area contributed by atoms with Gasteiger partial charge in [-0.3, -0.25) is 9.59 Å². The van der Waals surface area contributed by atoms with Crippen molar-refractivity contribution in [1.29, 1.82) is 0 Å². The van der Waals surface area contributed by atoms with E-state index in [1.807, 2.05) is 84.9 Å². The van der Waals surface area contributed by atoms with Gasteiger partial charge in [-0.05, 0) is 16.7 Å². The minimum Gasteiger partial charge on any atom is -0.299 e. The van der Waals surface area contributed by atoms with Gasteiger partial charge in [0.05, 0.1) is 0 Å². The molecule has 0 spiro atoms. The molecule has 0 heterocycles. The molecule has 3 aromatic rings. The Morgan fingerprint density at radius 1 is 0.600 bits per heavy atom. The molecular formula is C23H20O2. The van der Waals surface area contributed by atoms with Crippen LogP contribution in [0, 0.1) is 0 Å². The van der Waals surface area contributed by atoms with Crippen LogP contribution in [0.1, 0.15) is 28.8 Å². The van der Waals surface area contributed by atoms with Gasteiger partial charge >= 0.3 is 0 Å². The van der Waals surface area contributed by atoms with Gasteiger partial charge in [-0.25, -0.2) is 0 Å². The highest BCUT2D eigenvalue weighted by Crippen LogP contribution is 2.20. The SMILES string of the molecule is O=C(CCC(=O)c1ccc(-c2ccccc2)cc1)Cc1ccccc1. The fourth-order valence-electron chi connectivity index (χ4n) is 2.79. The van der Waals surface area contributed by atoms with E-state index in [2.05, 4.69) is 0 Å². The summed E-state index contributed by atoms with van der Waals surface area (Å²) < 4.78 is 0. The molecular weight excluding hydrogens is 308 g/mol. The standard InChI is InChI=1S/C23H20O2/c24-22(17-18-7-3-1-4-8-18)15-16-23(25)21-13-11-20(12-14-21)19-9-5-2-6-10-19/h1-14H,15-17H2. The van der Waals surface area contributed by atoms with Crippen molar-refractivity contribution in [3.8, 4) is 11.1 Å². The van der Waals surface area contributed by atoms with E-state index in [0.29, 0.717) is 12.0 Å². The molecule has 25 heavy (non-hydrogen) atoms. The maximum atomic E-state index is 12.3. The average Bonchev–Trinajstić information content (AvgIpc) is 2.68. The van der Waals surface area contributed by atoms with Crippen molar-refractivity contribution in [2.45, 2.75) is 19.3 Å². The number of hydrogen-bond acceptors (Lipinski definition) is 2. The average molecular weight is 328 g/mol. The zero-order valence-electron chi connectivity index (χ0n) is 14.0. The van der Waals surface area contributed by atoms with Gasteiger partial charge in [0.25, 0.3) is 0 Å². The number of carbonyl (C=O) groups is 2. The molecule has 0 unspecified atom stereocenters. The Balaban J connectivity index is 1.55. The van der Waals surface area contributed by atoms with Crippen molar-refractivity contribution < 1.29 is 9.59 Å². The first-order valence-electron chi connectivity index (χ1n) is 8.47. The van der Waals surface area contributed by atoms with Crippen molar-refractivity contribution in [3.05, 3.63) is 96.1 Å². The van der Waals surface area contributed by atoms with Crippen LogP contribution in [0.2, 0.25) is 0 Å². The lowest BCUT2D eigenvalue weighted by Crippen LogP contribution is -2.07. The maximum absolute atomic E-state index is 12.3. The van der Waals surface area contributed by atoms with E-state index in [4.69, 9.17) is 0 Å². The van der Waals surface area contributed by atoms with Gasteiger partial charge in [-0.15, -0.1) is 0 Å². The van der Waals surface area contributed by atoms with Crippen LogP contribution < -0.4 is 0 Å². The topological polar surface area (TPSA) is 34.1 Å². The van der Waals surface area contributed by atoms with Crippen LogP contribution >= 0.6 is 0 Å². The van der Waals surface area contributed by atoms with Crippen LogP contribution in [0.15, 0.2) is 84.9 Å². The molecule has 0 fully saturated rings. The predicted molar refractivity (Wildman–Crippen MR) is 101 cm³/mol. The summed E-state index contributed by atoms with van der Waals surface area (Å²) in [5.41, 5.74) is 3.86. The molecule has 2 heteroatoms. The fraction of sp³-hybridized carbons (Fsp3) is 0.130. The molecule has 0 aliphatic carbocycles. The fourth-order valence-corrected chi connectivity index (χ4v) is 2.79. The minimum atomic E-state index is 0.0148. The molecule has 0 aromatic heterocycles. The third-order valence-electron chi connectivity index (χ3n) is 4.19. The second-order valence-corrected chi connectivity index (χ2v) is 6.07. The normalized spacial score (nSPS) is 10.4. The zero-order valence-corrected chi connectivity index (χ0v) is 14.0. The van der Waals surface area contributed by atoms with Gasteiger partial charge in [0.2, 0.25) is 0 Å². The molecule has 124 valence electrons. The number of hydrogen-bond donors (Lipinski definition) is 0. The number of rotatable bonds is 7. The van der Waals surface area contributed by atoms with Gasteiger partial charge < -0.3 is 0 Å². The molecule has 0 aliphatic heterocycles. The monoisotopic (exact) mass is 328 g/mol. The summed E-state index contributed by atoms with van der Waals surface area (Å²) in [4.78, 5) is 24.3. The number of Topliss-reactive ketones (excluding diaryl/α,β-unsaturated/α-hetero) is 2. The summed E-state index contributed by atoms with van der Waals surface area (Å²) in [5.74, 6) is 0.112. The van der Waals surface area contributed by atoms with Gasteiger partial charge in [0.1, 0.15) is 5.78 Å². The lowest BCUT2D eigenvalue weighted by atomic mass is 9.99. The van der Waals surface area contributed by atoms with E-state index in [1.54, 1.807) is 0 Å². The first kappa shape index (κ1) is 16.8. The molecule has 0 saturated carbocycles. The smallest absolute Gasteiger partial charge is 0.163 e. The van der Waals surface area contributed by atoms with Crippen molar-refractivity contribution in [2.75, 3.05) is 0 Å². The maximum Gasteiger partial charge on any atom is 0.163 e. The van der Waals surface area contributed by atoms with Crippen molar-refractivity contribution in [1.82, 2.24) is 0 Å². The lowest BCUT2D eigenvalue weighted by Gasteiger charge is -2.05. The van der Waals surface area contributed by atoms with E-state index in [-0.39, 0.29) is 24.4 Å². The number of benzene rings is 3. The summed E-state index contributed by atoms with van der Waals surface area (Å²) >= 11 is 0. The Morgan fingerprint density at radius 3 is 1.80 bits per heavy atom. The van der Waals surface area contributed by atoms with E-state index in [9.17, 15) is 9.59 Å². The van der Waals surface area contributed by atoms with Crippen LogP contribution in [0.5, 0.6) is 0 Å². The Morgan fingerprint density at radius 2 is 1.16 bits per heavy atom. The molecule has 0 bridgehead atoms. The summed E-state index contributed by atoms with van der Waals surface area (Å²) in [5, 5.41) is 0. The van der Waals surface area contributed by atoms with Gasteiger partial charge in [-0.2, -0.15) is 0 Å². The molecule has 2 nitrogen and oxygen atoms in total. The predicted octanol–water partition coefficient (Wildman–Crippen LogP) is 5.13. The molecule has 0 radical (unpaired) electrons. The first-order valence-corrected chi connectivity index (χ1v) is 8.47. The summed E-state index contributed by atoms with van der Waals surface area (Å²) in [6, 6.07) is 27.3. The van der Waals surface area contributed by atoms with Crippen LogP contribution in [0.4, 0.5) is 0 Å². The van der Waals surface area contributed by atoms with Crippen LogP contribution in [0.3, 0.4) is 0 Å². The second kappa shape index (κ2) is 8.20.